The number of benzene rings is 3. The maximum Gasteiger partial charge on any atom is 0.194 e. The van der Waals surface area contributed by atoms with E-state index in [1.54, 1.807) is 11.3 Å². The van der Waals surface area contributed by atoms with Gasteiger partial charge in [-0.1, -0.05) is 47.2 Å². The van der Waals surface area contributed by atoms with Crippen molar-refractivity contribution in [1.82, 2.24) is 19.9 Å². The van der Waals surface area contributed by atoms with Crippen LogP contribution in [0, 0.1) is 6.92 Å². The molecule has 6 nitrogen and oxygen atoms in total. The molecule has 7 rings (SSSR count). The summed E-state index contributed by atoms with van der Waals surface area (Å²) in [7, 11) is 0. The number of aryl methyl sites for hydroxylation is 1. The summed E-state index contributed by atoms with van der Waals surface area (Å²) in [5.74, 6) is 1.57. The number of hydrogen-bond acceptors (Lipinski definition) is 5. The van der Waals surface area contributed by atoms with Crippen LogP contribution >= 0.6 is 23.6 Å². The quantitative estimate of drug-likeness (QED) is 0.211. The largest absolute Gasteiger partial charge is 0.457 e. The third-order valence-electron chi connectivity index (χ3n) is 7.04. The lowest BCUT2D eigenvalue weighted by Crippen LogP contribution is -2.30. The zero-order chi connectivity index (χ0) is 27.1. The summed E-state index contributed by atoms with van der Waals surface area (Å²) >= 11 is 7.62. The van der Waals surface area contributed by atoms with E-state index in [-0.39, 0.29) is 12.1 Å². The van der Waals surface area contributed by atoms with Gasteiger partial charge in [-0.15, -0.1) is 0 Å². The van der Waals surface area contributed by atoms with E-state index in [1.807, 2.05) is 79.0 Å². The number of hydrogen-bond donors (Lipinski definition) is 1. The first-order valence-corrected chi connectivity index (χ1v) is 14.2. The first-order chi connectivity index (χ1) is 19.6. The average Bonchev–Trinajstić information content (AvgIpc) is 3.71. The van der Waals surface area contributed by atoms with Crippen LogP contribution in [0.25, 0.3) is 15.3 Å². The Kier molecular flexibility index (Phi) is 6.26. The lowest BCUT2D eigenvalue weighted by molar-refractivity contribution is 0.482. The highest BCUT2D eigenvalue weighted by molar-refractivity contribution is 7.80. The number of nitrogens with zero attached hydrogens (tertiary/aromatic N) is 4. The summed E-state index contributed by atoms with van der Waals surface area (Å²) in [6, 6.07) is 34.2. The van der Waals surface area contributed by atoms with E-state index in [4.69, 9.17) is 26.9 Å². The van der Waals surface area contributed by atoms with Crippen molar-refractivity contribution in [2.45, 2.75) is 19.0 Å². The Morgan fingerprint density at radius 2 is 1.60 bits per heavy atom. The molecule has 0 saturated carbocycles. The Labute approximate surface area is 241 Å². The van der Waals surface area contributed by atoms with Gasteiger partial charge in [-0.25, -0.2) is 4.98 Å². The molecule has 1 N–H and O–H groups in total. The van der Waals surface area contributed by atoms with Gasteiger partial charge in [0.15, 0.2) is 10.2 Å². The Morgan fingerprint density at radius 1 is 0.850 bits per heavy atom. The predicted octanol–water partition coefficient (Wildman–Crippen LogP) is 7.76. The number of ether oxygens (including phenoxy) is 1. The molecule has 0 amide bonds. The number of aromatic nitrogens is 3. The van der Waals surface area contributed by atoms with Crippen LogP contribution in [0.1, 0.15) is 29.0 Å². The maximum atomic E-state index is 6.09. The zero-order valence-electron chi connectivity index (χ0n) is 21.6. The van der Waals surface area contributed by atoms with Crippen molar-refractivity contribution in [1.29, 1.82) is 0 Å². The van der Waals surface area contributed by atoms with Crippen molar-refractivity contribution in [3.8, 4) is 16.6 Å². The van der Waals surface area contributed by atoms with Gasteiger partial charge in [-0.05, 0) is 91.9 Å². The molecule has 4 heterocycles. The summed E-state index contributed by atoms with van der Waals surface area (Å²) < 4.78 is 9.41. The molecule has 3 aromatic heterocycles. The minimum absolute atomic E-state index is 0.153. The summed E-state index contributed by atoms with van der Waals surface area (Å²) in [6.07, 6.45) is 3.89. The van der Waals surface area contributed by atoms with Crippen molar-refractivity contribution in [2.24, 2.45) is 0 Å². The van der Waals surface area contributed by atoms with Gasteiger partial charge in [0.05, 0.1) is 27.6 Å². The van der Waals surface area contributed by atoms with Crippen LogP contribution in [-0.2, 0) is 0 Å². The zero-order valence-corrected chi connectivity index (χ0v) is 23.3. The summed E-state index contributed by atoms with van der Waals surface area (Å²) in [4.78, 5) is 11.8. The van der Waals surface area contributed by atoms with E-state index in [9.17, 15) is 0 Å². The highest BCUT2D eigenvalue weighted by Gasteiger charge is 2.42. The Bertz CT molecular complexity index is 1760. The normalized spacial score (nSPS) is 16.8. The first kappa shape index (κ1) is 24.5. The highest BCUT2D eigenvalue weighted by atomic mass is 32.1. The number of pyridine rings is 1. The van der Waals surface area contributed by atoms with Crippen molar-refractivity contribution < 1.29 is 4.74 Å². The first-order valence-electron chi connectivity index (χ1n) is 13.0. The van der Waals surface area contributed by atoms with Crippen LogP contribution in [0.5, 0.6) is 11.5 Å². The summed E-state index contributed by atoms with van der Waals surface area (Å²) in [5.41, 5.74) is 5.15. The Hall–Kier alpha value is -4.53. The van der Waals surface area contributed by atoms with Crippen LogP contribution in [0.4, 0.5) is 5.69 Å². The molecule has 3 aromatic carbocycles. The second-order valence-electron chi connectivity index (χ2n) is 9.67. The third kappa shape index (κ3) is 4.51. The molecule has 2 atom stereocenters. The standard InChI is InChI=1S/C32H25N5OS2/c1-21-11-15-23(16-12-21)38-24-17-13-22(14-18-24)37-30(29(35-31(37)39)26-8-4-5-19-33-26)27-9-6-20-36(27)32-34-25-7-2-3-10-28(25)40-32/h2-20,29-30H,1H3,(H,35,39)/t29-,30-/m0/s1. The minimum atomic E-state index is -0.159. The van der Waals surface area contributed by atoms with E-state index in [1.165, 1.54) is 5.56 Å². The van der Waals surface area contributed by atoms with Gasteiger partial charge in [0.2, 0.25) is 0 Å². The molecule has 1 saturated heterocycles. The highest BCUT2D eigenvalue weighted by Crippen LogP contribution is 2.43. The number of thiazole rings is 1. The number of rotatable bonds is 6. The van der Waals surface area contributed by atoms with Gasteiger partial charge in [0.1, 0.15) is 17.5 Å². The van der Waals surface area contributed by atoms with Crippen molar-refractivity contribution in [3.05, 3.63) is 132 Å². The molecule has 0 unspecified atom stereocenters. The lowest BCUT2D eigenvalue weighted by atomic mass is 10.0. The molecule has 0 aliphatic carbocycles. The Morgan fingerprint density at radius 3 is 2.35 bits per heavy atom. The predicted molar refractivity (Wildman–Crippen MR) is 165 cm³/mol. The molecule has 6 aromatic rings. The van der Waals surface area contributed by atoms with E-state index in [0.717, 1.165) is 43.9 Å². The number of nitrogens with one attached hydrogen (secondary N) is 1. The van der Waals surface area contributed by atoms with E-state index in [0.29, 0.717) is 5.11 Å². The van der Waals surface area contributed by atoms with Gasteiger partial charge < -0.3 is 15.0 Å². The fourth-order valence-corrected chi connectivity index (χ4v) is 6.44. The molecule has 40 heavy (non-hydrogen) atoms. The topological polar surface area (TPSA) is 55.2 Å². The molecular weight excluding hydrogens is 535 g/mol. The van der Waals surface area contributed by atoms with Gasteiger partial charge >= 0.3 is 0 Å². The number of anilines is 1. The monoisotopic (exact) mass is 559 g/mol. The van der Waals surface area contributed by atoms with Crippen LogP contribution in [-0.4, -0.2) is 19.6 Å². The van der Waals surface area contributed by atoms with Crippen LogP contribution in [0.3, 0.4) is 0 Å². The van der Waals surface area contributed by atoms with Gasteiger partial charge in [0.25, 0.3) is 0 Å². The molecule has 196 valence electrons. The second kappa shape index (κ2) is 10.2. The number of para-hydroxylation sites is 1. The van der Waals surface area contributed by atoms with E-state index >= 15 is 0 Å². The van der Waals surface area contributed by atoms with Gasteiger partial charge in [-0.2, -0.15) is 0 Å². The van der Waals surface area contributed by atoms with Crippen LogP contribution in [0.15, 0.2) is 116 Å². The fourth-order valence-electron chi connectivity index (χ4n) is 5.12. The number of thiocarbonyl (C=S) groups is 1. The second-order valence-corrected chi connectivity index (χ2v) is 11.1. The molecule has 1 fully saturated rings. The number of fused-ring (bicyclic) bond motifs is 1. The molecule has 0 spiro atoms. The molecular formula is C32H25N5OS2. The SMILES string of the molecule is Cc1ccc(Oc2ccc(N3C(=S)N[C@@H](c4ccccn4)[C@@H]3c3cccn3-c3nc4ccccc4s3)cc2)cc1. The summed E-state index contributed by atoms with van der Waals surface area (Å²) in [5, 5.41) is 5.12. The van der Waals surface area contributed by atoms with Crippen molar-refractivity contribution in [2.75, 3.05) is 4.90 Å². The molecule has 1 aliphatic rings. The fraction of sp³-hybridized carbons (Fsp3) is 0.0938. The van der Waals surface area contributed by atoms with Gasteiger partial charge in [-0.3, -0.25) is 9.55 Å². The maximum absolute atomic E-state index is 6.09. The average molecular weight is 560 g/mol. The third-order valence-corrected chi connectivity index (χ3v) is 8.39. The molecule has 8 heteroatoms. The Balaban J connectivity index is 1.28. The summed E-state index contributed by atoms with van der Waals surface area (Å²) in [6.45, 7) is 2.06. The van der Waals surface area contributed by atoms with E-state index < -0.39 is 0 Å². The van der Waals surface area contributed by atoms with Crippen molar-refractivity contribution in [3.63, 3.8) is 0 Å². The molecule has 1 aliphatic heterocycles. The van der Waals surface area contributed by atoms with Crippen molar-refractivity contribution >= 4 is 44.6 Å². The molecule has 0 bridgehead atoms. The smallest absolute Gasteiger partial charge is 0.194 e. The van der Waals surface area contributed by atoms with Crippen LogP contribution < -0.4 is 15.0 Å². The minimum Gasteiger partial charge on any atom is -0.457 e. The van der Waals surface area contributed by atoms with Gasteiger partial charge in [0, 0.05) is 18.1 Å². The van der Waals surface area contributed by atoms with Crippen LogP contribution in [0.2, 0.25) is 0 Å². The van der Waals surface area contributed by atoms with E-state index in [2.05, 4.69) is 58.2 Å². The lowest BCUT2D eigenvalue weighted by Gasteiger charge is -2.28. The molecule has 0 radical (unpaired) electrons.